The van der Waals surface area contributed by atoms with Crippen LogP contribution in [0.5, 0.6) is 0 Å². The second kappa shape index (κ2) is 7.90. The number of amides is 1. The molecule has 1 aromatic carbocycles. The first-order valence-corrected chi connectivity index (χ1v) is 7.05. The molecule has 1 aromatic rings. The lowest BCUT2D eigenvalue weighted by atomic mass is 10.0. The Balaban J connectivity index is 2.81. The maximum atomic E-state index is 12.2. The Bertz CT molecular complexity index is 474. The van der Waals surface area contributed by atoms with Crippen LogP contribution in [0, 0.1) is 5.92 Å². The molecular formula is C15H20ClNO3. The lowest BCUT2D eigenvalue weighted by molar-refractivity contribution is -0.145. The van der Waals surface area contributed by atoms with Gasteiger partial charge in [-0.15, -0.1) is 0 Å². The highest BCUT2D eigenvalue weighted by Crippen LogP contribution is 2.15. The minimum Gasteiger partial charge on any atom is -0.464 e. The van der Waals surface area contributed by atoms with Gasteiger partial charge in [0.1, 0.15) is 6.04 Å². The highest BCUT2D eigenvalue weighted by Gasteiger charge is 2.24. The monoisotopic (exact) mass is 297 g/mol. The number of hydrogen-bond donors (Lipinski definition) is 1. The van der Waals surface area contributed by atoms with Crippen LogP contribution >= 0.6 is 11.6 Å². The fraction of sp³-hybridized carbons (Fsp3) is 0.467. The van der Waals surface area contributed by atoms with E-state index >= 15 is 0 Å². The van der Waals surface area contributed by atoms with Crippen molar-refractivity contribution in [3.8, 4) is 0 Å². The molecule has 0 spiro atoms. The summed E-state index contributed by atoms with van der Waals surface area (Å²) in [7, 11) is 0. The molecule has 0 radical (unpaired) electrons. The van der Waals surface area contributed by atoms with Crippen molar-refractivity contribution in [2.45, 2.75) is 33.2 Å². The van der Waals surface area contributed by atoms with E-state index in [9.17, 15) is 9.59 Å². The summed E-state index contributed by atoms with van der Waals surface area (Å²) in [5.41, 5.74) is 0.354. The average molecular weight is 298 g/mol. The predicted octanol–water partition coefficient (Wildman–Crippen LogP) is 3.05. The highest BCUT2D eigenvalue weighted by atomic mass is 35.5. The lowest BCUT2D eigenvalue weighted by Crippen LogP contribution is -2.42. The largest absolute Gasteiger partial charge is 0.464 e. The molecule has 4 nitrogen and oxygen atoms in total. The van der Waals surface area contributed by atoms with Gasteiger partial charge in [0.2, 0.25) is 0 Å². The fourth-order valence-electron chi connectivity index (χ4n) is 1.81. The summed E-state index contributed by atoms with van der Waals surface area (Å²) in [5.74, 6) is -0.521. The normalized spacial score (nSPS) is 12.1. The summed E-state index contributed by atoms with van der Waals surface area (Å²) in [4.78, 5) is 24.0. The predicted molar refractivity (Wildman–Crippen MR) is 78.8 cm³/mol. The van der Waals surface area contributed by atoms with Crippen molar-refractivity contribution in [1.29, 1.82) is 0 Å². The van der Waals surface area contributed by atoms with Gasteiger partial charge in [-0.25, -0.2) is 4.79 Å². The van der Waals surface area contributed by atoms with Crippen LogP contribution in [0.25, 0.3) is 0 Å². The van der Waals surface area contributed by atoms with Gasteiger partial charge in [-0.3, -0.25) is 4.79 Å². The van der Waals surface area contributed by atoms with Gasteiger partial charge in [-0.05, 0) is 31.4 Å². The second-order valence-corrected chi connectivity index (χ2v) is 5.29. The van der Waals surface area contributed by atoms with Crippen molar-refractivity contribution in [2.24, 2.45) is 5.92 Å². The Labute approximate surface area is 124 Å². The van der Waals surface area contributed by atoms with E-state index in [1.165, 1.54) is 0 Å². The molecule has 5 heteroatoms. The molecule has 20 heavy (non-hydrogen) atoms. The standard InChI is InChI=1S/C15H20ClNO3/c1-4-20-15(19)13(9-10(2)3)17-14(18)11-7-5-6-8-12(11)16/h5-8,10,13H,4,9H2,1-3H3,(H,17,18). The van der Waals surface area contributed by atoms with Crippen LogP contribution in [0.1, 0.15) is 37.6 Å². The Hall–Kier alpha value is -1.55. The van der Waals surface area contributed by atoms with E-state index in [1.54, 1.807) is 31.2 Å². The lowest BCUT2D eigenvalue weighted by Gasteiger charge is -2.19. The summed E-state index contributed by atoms with van der Waals surface area (Å²) in [6.07, 6.45) is 0.523. The molecule has 1 unspecified atom stereocenters. The first-order valence-electron chi connectivity index (χ1n) is 6.67. The molecule has 0 fully saturated rings. The van der Waals surface area contributed by atoms with E-state index in [4.69, 9.17) is 16.3 Å². The Morgan fingerprint density at radius 1 is 1.30 bits per heavy atom. The van der Waals surface area contributed by atoms with Gasteiger partial charge in [-0.1, -0.05) is 37.6 Å². The van der Waals surface area contributed by atoms with E-state index in [1.807, 2.05) is 13.8 Å². The molecule has 0 saturated carbocycles. The Kier molecular flexibility index (Phi) is 6.52. The van der Waals surface area contributed by atoms with Gasteiger partial charge in [0, 0.05) is 0 Å². The second-order valence-electron chi connectivity index (χ2n) is 4.89. The molecule has 0 aliphatic heterocycles. The minimum atomic E-state index is -0.654. The van der Waals surface area contributed by atoms with Crippen LogP contribution in [0.15, 0.2) is 24.3 Å². The van der Waals surface area contributed by atoms with Crippen LogP contribution in [0.3, 0.4) is 0 Å². The third kappa shape index (κ3) is 4.85. The summed E-state index contributed by atoms with van der Waals surface area (Å²) in [6.45, 7) is 5.98. The quantitative estimate of drug-likeness (QED) is 0.821. The molecule has 1 N–H and O–H groups in total. The van der Waals surface area contributed by atoms with E-state index in [0.29, 0.717) is 17.0 Å². The molecule has 0 aromatic heterocycles. The van der Waals surface area contributed by atoms with E-state index in [2.05, 4.69) is 5.32 Å². The number of carbonyl (C=O) groups is 2. The van der Waals surface area contributed by atoms with Crippen molar-refractivity contribution < 1.29 is 14.3 Å². The minimum absolute atomic E-state index is 0.260. The first kappa shape index (κ1) is 16.5. The molecule has 0 aliphatic rings. The number of rotatable bonds is 6. The summed E-state index contributed by atoms with van der Waals surface area (Å²) in [6, 6.07) is 6.07. The summed E-state index contributed by atoms with van der Waals surface area (Å²) < 4.78 is 4.99. The maximum absolute atomic E-state index is 12.2. The van der Waals surface area contributed by atoms with Crippen molar-refractivity contribution in [2.75, 3.05) is 6.61 Å². The van der Waals surface area contributed by atoms with Crippen LogP contribution in [-0.4, -0.2) is 24.5 Å². The SMILES string of the molecule is CCOC(=O)C(CC(C)C)NC(=O)c1ccccc1Cl. The molecule has 0 aliphatic carbocycles. The Morgan fingerprint density at radius 2 is 1.95 bits per heavy atom. The number of carbonyl (C=O) groups excluding carboxylic acids is 2. The van der Waals surface area contributed by atoms with Crippen LogP contribution in [0.2, 0.25) is 5.02 Å². The summed E-state index contributed by atoms with van der Waals surface area (Å²) in [5, 5.41) is 3.05. The zero-order valence-corrected chi connectivity index (χ0v) is 12.7. The summed E-state index contributed by atoms with van der Waals surface area (Å²) >= 11 is 5.97. The van der Waals surface area contributed by atoms with Crippen molar-refractivity contribution in [1.82, 2.24) is 5.32 Å². The molecule has 1 amide bonds. The Morgan fingerprint density at radius 3 is 2.50 bits per heavy atom. The van der Waals surface area contributed by atoms with E-state index < -0.39 is 12.0 Å². The maximum Gasteiger partial charge on any atom is 0.328 e. The van der Waals surface area contributed by atoms with Crippen LogP contribution in [0.4, 0.5) is 0 Å². The van der Waals surface area contributed by atoms with Gasteiger partial charge in [-0.2, -0.15) is 0 Å². The molecule has 0 bridgehead atoms. The van der Waals surface area contributed by atoms with Crippen molar-refractivity contribution in [3.63, 3.8) is 0 Å². The first-order chi connectivity index (χ1) is 9.45. The molecule has 0 saturated heterocycles. The van der Waals surface area contributed by atoms with Gasteiger partial charge in [0.25, 0.3) is 5.91 Å². The molecule has 1 rings (SSSR count). The number of benzene rings is 1. The van der Waals surface area contributed by atoms with E-state index in [0.717, 1.165) is 0 Å². The number of esters is 1. The molecule has 0 heterocycles. The zero-order chi connectivity index (χ0) is 15.1. The van der Waals surface area contributed by atoms with Crippen LogP contribution in [-0.2, 0) is 9.53 Å². The third-order valence-corrected chi connectivity index (χ3v) is 3.03. The average Bonchev–Trinajstić information content (AvgIpc) is 2.38. The number of hydrogen-bond acceptors (Lipinski definition) is 3. The molecule has 1 atom stereocenters. The topological polar surface area (TPSA) is 55.4 Å². The van der Waals surface area contributed by atoms with Crippen LogP contribution < -0.4 is 5.32 Å². The number of nitrogens with one attached hydrogen (secondary N) is 1. The number of halogens is 1. The third-order valence-electron chi connectivity index (χ3n) is 2.70. The van der Waals surface area contributed by atoms with Gasteiger partial charge >= 0.3 is 5.97 Å². The highest BCUT2D eigenvalue weighted by molar-refractivity contribution is 6.33. The van der Waals surface area contributed by atoms with Gasteiger partial charge in [0.15, 0.2) is 0 Å². The number of ether oxygens (including phenoxy) is 1. The van der Waals surface area contributed by atoms with E-state index in [-0.39, 0.29) is 18.4 Å². The zero-order valence-electron chi connectivity index (χ0n) is 12.0. The molecular weight excluding hydrogens is 278 g/mol. The van der Waals surface area contributed by atoms with Crippen molar-refractivity contribution in [3.05, 3.63) is 34.9 Å². The smallest absolute Gasteiger partial charge is 0.328 e. The van der Waals surface area contributed by atoms with Gasteiger partial charge in [0.05, 0.1) is 17.2 Å². The van der Waals surface area contributed by atoms with Gasteiger partial charge < -0.3 is 10.1 Å². The van der Waals surface area contributed by atoms with Crippen molar-refractivity contribution >= 4 is 23.5 Å². The molecule has 110 valence electrons. The fourth-order valence-corrected chi connectivity index (χ4v) is 2.03.